The van der Waals surface area contributed by atoms with Crippen LogP contribution >= 0.6 is 0 Å². The molecule has 2 heterocycles. The zero-order valence-electron chi connectivity index (χ0n) is 17.6. The molecule has 0 aliphatic carbocycles. The number of carbonyl (C=O) groups is 2. The number of anilines is 1. The Hall–Kier alpha value is -2.09. The third-order valence-electron chi connectivity index (χ3n) is 4.13. The Kier molecular flexibility index (Phi) is 6.19. The SMILES string of the molecule is Cc1cc(NC(=O)CN2CCN(C(=O)OC(C)(C)C)CC2)n(C(C)(C)C)n1. The number of nitrogens with one attached hydrogen (secondary N) is 1. The second-order valence-electron chi connectivity index (χ2n) is 9.05. The van der Waals surface area contributed by atoms with Crippen molar-refractivity contribution in [3.05, 3.63) is 11.8 Å². The number of aromatic nitrogens is 2. The molecule has 1 aromatic heterocycles. The van der Waals surface area contributed by atoms with Gasteiger partial charge < -0.3 is 15.0 Å². The average molecular weight is 380 g/mol. The summed E-state index contributed by atoms with van der Waals surface area (Å²) in [7, 11) is 0. The maximum Gasteiger partial charge on any atom is 0.410 e. The van der Waals surface area contributed by atoms with E-state index in [1.165, 1.54) is 0 Å². The molecule has 0 radical (unpaired) electrons. The number of piperazine rings is 1. The van der Waals surface area contributed by atoms with Crippen LogP contribution in [-0.4, -0.2) is 69.9 Å². The van der Waals surface area contributed by atoms with Crippen molar-refractivity contribution in [2.75, 3.05) is 38.0 Å². The predicted molar refractivity (Wildman–Crippen MR) is 105 cm³/mol. The van der Waals surface area contributed by atoms with Gasteiger partial charge in [-0.25, -0.2) is 9.48 Å². The summed E-state index contributed by atoms with van der Waals surface area (Å²) in [6.45, 7) is 16.3. The Labute approximate surface area is 161 Å². The van der Waals surface area contributed by atoms with E-state index in [2.05, 4.69) is 10.4 Å². The zero-order valence-corrected chi connectivity index (χ0v) is 17.6. The smallest absolute Gasteiger partial charge is 0.410 e. The molecule has 2 rings (SSSR count). The maximum atomic E-state index is 12.5. The first kappa shape index (κ1) is 21.2. The van der Waals surface area contributed by atoms with Gasteiger partial charge in [-0.2, -0.15) is 5.10 Å². The van der Waals surface area contributed by atoms with Crippen molar-refractivity contribution in [1.29, 1.82) is 0 Å². The molecule has 1 aromatic rings. The molecular weight excluding hydrogens is 346 g/mol. The Balaban J connectivity index is 1.86. The van der Waals surface area contributed by atoms with Crippen LogP contribution in [0.5, 0.6) is 0 Å². The maximum absolute atomic E-state index is 12.5. The minimum absolute atomic E-state index is 0.0777. The van der Waals surface area contributed by atoms with Crippen LogP contribution in [0.15, 0.2) is 6.07 Å². The molecule has 1 saturated heterocycles. The molecule has 0 spiro atoms. The van der Waals surface area contributed by atoms with Gasteiger partial charge in [0.1, 0.15) is 11.4 Å². The fourth-order valence-corrected chi connectivity index (χ4v) is 2.90. The number of hydrogen-bond acceptors (Lipinski definition) is 5. The van der Waals surface area contributed by atoms with E-state index in [0.717, 1.165) is 5.69 Å². The lowest BCUT2D eigenvalue weighted by Crippen LogP contribution is -2.51. The topological polar surface area (TPSA) is 79.7 Å². The Morgan fingerprint density at radius 2 is 1.70 bits per heavy atom. The van der Waals surface area contributed by atoms with E-state index < -0.39 is 5.60 Å². The highest BCUT2D eigenvalue weighted by atomic mass is 16.6. The second kappa shape index (κ2) is 7.88. The molecule has 0 saturated carbocycles. The van der Waals surface area contributed by atoms with Crippen LogP contribution in [0.25, 0.3) is 0 Å². The number of carbonyl (C=O) groups excluding carboxylic acids is 2. The summed E-state index contributed by atoms with van der Waals surface area (Å²) in [5.41, 5.74) is 0.157. The summed E-state index contributed by atoms with van der Waals surface area (Å²) in [6.07, 6.45) is -0.295. The third-order valence-corrected chi connectivity index (χ3v) is 4.13. The average Bonchev–Trinajstić information content (AvgIpc) is 2.86. The summed E-state index contributed by atoms with van der Waals surface area (Å²) >= 11 is 0. The van der Waals surface area contributed by atoms with Gasteiger partial charge in [0.25, 0.3) is 0 Å². The lowest BCUT2D eigenvalue weighted by Gasteiger charge is -2.35. The van der Waals surface area contributed by atoms with E-state index in [1.54, 1.807) is 4.90 Å². The molecule has 2 amide bonds. The number of rotatable bonds is 3. The van der Waals surface area contributed by atoms with E-state index in [0.29, 0.717) is 32.0 Å². The van der Waals surface area contributed by atoms with Gasteiger partial charge in [-0.15, -0.1) is 0 Å². The standard InChI is InChI=1S/C19H33N5O3/c1-14-12-15(24(21-14)18(2,3)4)20-16(25)13-22-8-10-23(11-9-22)17(26)27-19(5,6)7/h12H,8-11,13H2,1-7H3,(H,20,25). The van der Waals surface area contributed by atoms with Crippen LogP contribution in [-0.2, 0) is 15.1 Å². The minimum Gasteiger partial charge on any atom is -0.444 e. The van der Waals surface area contributed by atoms with Crippen molar-refractivity contribution in [3.8, 4) is 0 Å². The molecule has 1 aliphatic heterocycles. The molecule has 27 heavy (non-hydrogen) atoms. The largest absolute Gasteiger partial charge is 0.444 e. The number of amides is 2. The van der Waals surface area contributed by atoms with Crippen LogP contribution in [0.1, 0.15) is 47.2 Å². The number of aryl methyl sites for hydroxylation is 1. The van der Waals surface area contributed by atoms with E-state index >= 15 is 0 Å². The first-order valence-electron chi connectivity index (χ1n) is 9.42. The van der Waals surface area contributed by atoms with Gasteiger partial charge in [-0.05, 0) is 48.5 Å². The number of nitrogens with zero attached hydrogens (tertiary/aromatic N) is 4. The van der Waals surface area contributed by atoms with Gasteiger partial charge in [0.2, 0.25) is 5.91 Å². The molecule has 0 bridgehead atoms. The molecule has 8 nitrogen and oxygen atoms in total. The van der Waals surface area contributed by atoms with Gasteiger partial charge in [-0.1, -0.05) is 0 Å². The highest BCUT2D eigenvalue weighted by Crippen LogP contribution is 2.21. The molecule has 0 aromatic carbocycles. The van der Waals surface area contributed by atoms with Gasteiger partial charge in [0, 0.05) is 32.2 Å². The predicted octanol–water partition coefficient (Wildman–Crippen LogP) is 2.44. The summed E-state index contributed by atoms with van der Waals surface area (Å²) in [4.78, 5) is 28.3. The Morgan fingerprint density at radius 1 is 1.11 bits per heavy atom. The monoisotopic (exact) mass is 379 g/mol. The van der Waals surface area contributed by atoms with Gasteiger partial charge in [-0.3, -0.25) is 9.69 Å². The van der Waals surface area contributed by atoms with E-state index in [9.17, 15) is 9.59 Å². The van der Waals surface area contributed by atoms with E-state index in [4.69, 9.17) is 4.74 Å². The van der Waals surface area contributed by atoms with Crippen LogP contribution in [0.2, 0.25) is 0 Å². The summed E-state index contributed by atoms with van der Waals surface area (Å²) in [5.74, 6) is 0.628. The molecular formula is C19H33N5O3. The molecule has 1 N–H and O–H groups in total. The lowest BCUT2D eigenvalue weighted by atomic mass is 10.1. The molecule has 0 atom stereocenters. The highest BCUT2D eigenvalue weighted by molar-refractivity contribution is 5.91. The van der Waals surface area contributed by atoms with Gasteiger partial charge in [0.05, 0.1) is 17.8 Å². The van der Waals surface area contributed by atoms with Gasteiger partial charge in [0.15, 0.2) is 0 Å². The highest BCUT2D eigenvalue weighted by Gasteiger charge is 2.27. The first-order valence-corrected chi connectivity index (χ1v) is 9.42. The van der Waals surface area contributed by atoms with Crippen LogP contribution < -0.4 is 5.32 Å². The van der Waals surface area contributed by atoms with Crippen molar-refractivity contribution in [2.24, 2.45) is 0 Å². The third kappa shape index (κ3) is 6.23. The van der Waals surface area contributed by atoms with Crippen LogP contribution in [0.3, 0.4) is 0 Å². The molecule has 152 valence electrons. The van der Waals surface area contributed by atoms with Crippen molar-refractivity contribution in [3.63, 3.8) is 0 Å². The van der Waals surface area contributed by atoms with E-state index in [-0.39, 0.29) is 24.1 Å². The Bertz CT molecular complexity index is 676. The lowest BCUT2D eigenvalue weighted by molar-refractivity contribution is -0.117. The van der Waals surface area contributed by atoms with Gasteiger partial charge >= 0.3 is 6.09 Å². The summed E-state index contributed by atoms with van der Waals surface area (Å²) in [5, 5.41) is 7.44. The van der Waals surface area contributed by atoms with Crippen LogP contribution in [0, 0.1) is 6.92 Å². The molecule has 8 heteroatoms. The quantitative estimate of drug-likeness (QED) is 0.873. The van der Waals surface area contributed by atoms with E-state index in [1.807, 2.05) is 64.1 Å². The summed E-state index contributed by atoms with van der Waals surface area (Å²) in [6, 6.07) is 1.88. The second-order valence-corrected chi connectivity index (χ2v) is 9.05. The minimum atomic E-state index is -0.498. The van der Waals surface area contributed by atoms with Crippen LogP contribution in [0.4, 0.5) is 10.6 Å². The van der Waals surface area contributed by atoms with Crippen molar-refractivity contribution < 1.29 is 14.3 Å². The van der Waals surface area contributed by atoms with Crippen molar-refractivity contribution in [1.82, 2.24) is 19.6 Å². The molecule has 1 aliphatic rings. The number of ether oxygens (including phenoxy) is 1. The molecule has 1 fully saturated rings. The zero-order chi connectivity index (χ0) is 20.4. The number of hydrogen-bond donors (Lipinski definition) is 1. The fraction of sp³-hybridized carbons (Fsp3) is 0.737. The van der Waals surface area contributed by atoms with Crippen molar-refractivity contribution in [2.45, 2.75) is 59.6 Å². The normalized spacial score (nSPS) is 16.3. The summed E-state index contributed by atoms with van der Waals surface area (Å²) < 4.78 is 7.23. The molecule has 0 unspecified atom stereocenters. The Morgan fingerprint density at radius 3 is 2.22 bits per heavy atom. The van der Waals surface area contributed by atoms with Crippen molar-refractivity contribution >= 4 is 17.8 Å². The fourth-order valence-electron chi connectivity index (χ4n) is 2.90. The first-order chi connectivity index (χ1) is 12.3.